The van der Waals surface area contributed by atoms with Crippen LogP contribution in [-0.4, -0.2) is 11.8 Å². The molecule has 2 atom stereocenters. The van der Waals surface area contributed by atoms with Crippen molar-refractivity contribution in [1.29, 1.82) is 0 Å². The molecule has 2 rings (SSSR count). The normalized spacial score (nSPS) is 14.5. The summed E-state index contributed by atoms with van der Waals surface area (Å²) in [7, 11) is -1.86. The summed E-state index contributed by atoms with van der Waals surface area (Å²) in [5, 5.41) is 3.34. The predicted molar refractivity (Wildman–Crippen MR) is 137 cm³/mol. The second-order valence-corrected chi connectivity index (χ2v) is 13.2. The molecule has 0 aliphatic carbocycles. The van der Waals surface area contributed by atoms with Gasteiger partial charge in [-0.2, -0.15) is 0 Å². The molecule has 0 saturated heterocycles. The fourth-order valence-electron chi connectivity index (χ4n) is 5.35. The number of unbranched alkanes of at least 4 members (excludes halogenated alkanes) is 3. The summed E-state index contributed by atoms with van der Waals surface area (Å²) >= 11 is 0. The molecular weight excluding hydrogens is 367 g/mol. The average molecular weight is 413 g/mol. The van der Waals surface area contributed by atoms with Gasteiger partial charge in [0.2, 0.25) is 0 Å². The Labute approximate surface area is 181 Å². The third-order valence-corrected chi connectivity index (χ3v) is 13.1. The van der Waals surface area contributed by atoms with Crippen molar-refractivity contribution >= 4 is 17.9 Å². The van der Waals surface area contributed by atoms with Crippen molar-refractivity contribution < 1.29 is 0 Å². The van der Waals surface area contributed by atoms with Crippen LogP contribution < -0.4 is 10.6 Å². The molecule has 0 fully saturated rings. The van der Waals surface area contributed by atoms with Crippen molar-refractivity contribution in [1.82, 2.24) is 0 Å². The molecule has 0 N–H and O–H groups in total. The first-order valence-corrected chi connectivity index (χ1v) is 14.6. The van der Waals surface area contributed by atoms with Gasteiger partial charge in [-0.1, -0.05) is 0 Å². The third kappa shape index (κ3) is 6.42. The van der Waals surface area contributed by atoms with Crippen LogP contribution in [-0.2, 0) is 0 Å². The van der Waals surface area contributed by atoms with Crippen LogP contribution in [0.5, 0.6) is 0 Å². The summed E-state index contributed by atoms with van der Waals surface area (Å²) in [6, 6.07) is 23.4. The molecule has 1 heteroatoms. The van der Waals surface area contributed by atoms with Crippen molar-refractivity contribution in [2.24, 2.45) is 5.92 Å². The van der Waals surface area contributed by atoms with E-state index in [0.29, 0.717) is 0 Å². The van der Waals surface area contributed by atoms with Gasteiger partial charge >= 0.3 is 182 Å². The molecule has 29 heavy (non-hydrogen) atoms. The molecular formula is C28H45P. The number of benzene rings is 2. The molecule has 0 aromatic heterocycles. The van der Waals surface area contributed by atoms with Gasteiger partial charge in [-0.15, -0.1) is 0 Å². The molecule has 0 aliphatic rings. The van der Waals surface area contributed by atoms with E-state index in [0.717, 1.165) is 11.6 Å². The van der Waals surface area contributed by atoms with Crippen LogP contribution in [0.15, 0.2) is 60.7 Å². The van der Waals surface area contributed by atoms with E-state index in [-0.39, 0.29) is 0 Å². The van der Waals surface area contributed by atoms with Crippen LogP contribution in [0.1, 0.15) is 85.5 Å². The van der Waals surface area contributed by atoms with E-state index in [1.165, 1.54) is 63.9 Å². The van der Waals surface area contributed by atoms with Crippen LogP contribution in [0.4, 0.5) is 0 Å². The van der Waals surface area contributed by atoms with Gasteiger partial charge in [-0.05, 0) is 0 Å². The van der Waals surface area contributed by atoms with Crippen LogP contribution in [0.3, 0.4) is 0 Å². The van der Waals surface area contributed by atoms with Crippen molar-refractivity contribution in [2.45, 2.75) is 91.1 Å². The summed E-state index contributed by atoms with van der Waals surface area (Å²) in [5.74, 6) is 0.849. The monoisotopic (exact) mass is 412 g/mol. The van der Waals surface area contributed by atoms with Crippen molar-refractivity contribution in [3.8, 4) is 0 Å². The number of hydrogen-bond acceptors (Lipinski definition) is 0. The van der Waals surface area contributed by atoms with E-state index >= 15 is 0 Å². The van der Waals surface area contributed by atoms with E-state index in [4.69, 9.17) is 0 Å². The average Bonchev–Trinajstić information content (AvgIpc) is 2.79. The minimum absolute atomic E-state index is 0.828. The van der Waals surface area contributed by atoms with Gasteiger partial charge in [-0.3, -0.25) is 0 Å². The fourth-order valence-corrected chi connectivity index (χ4v) is 11.8. The standard InChI is InChI=1S/C28H45P/c1-5-9-13-19-26(8-4)29(27-20-14-11-15-21-27,28-22-16-12-17-23-28)24-25(7-3)18-10-6-2/h11-12,14-17,20-23,25-26,29H,5-10,13,18-19,24H2,1-4H3. The molecule has 0 radical (unpaired) electrons. The molecule has 2 aromatic rings. The minimum atomic E-state index is -1.86. The molecule has 162 valence electrons. The van der Waals surface area contributed by atoms with E-state index in [9.17, 15) is 0 Å². The zero-order chi connectivity index (χ0) is 21.0. The van der Waals surface area contributed by atoms with Gasteiger partial charge in [0.05, 0.1) is 0 Å². The van der Waals surface area contributed by atoms with Gasteiger partial charge in [0, 0.05) is 0 Å². The van der Waals surface area contributed by atoms with Crippen LogP contribution >= 0.6 is 7.26 Å². The molecule has 0 heterocycles. The summed E-state index contributed by atoms with van der Waals surface area (Å²) in [4.78, 5) is 0. The van der Waals surface area contributed by atoms with Crippen molar-refractivity contribution in [3.05, 3.63) is 60.7 Å². The molecule has 0 saturated carbocycles. The van der Waals surface area contributed by atoms with Crippen molar-refractivity contribution in [3.63, 3.8) is 0 Å². The second-order valence-electron chi connectivity index (χ2n) is 8.92. The van der Waals surface area contributed by atoms with Crippen LogP contribution in [0.2, 0.25) is 0 Å². The Morgan fingerprint density at radius 2 is 1.17 bits per heavy atom. The Balaban J connectivity index is 2.57. The predicted octanol–water partition coefficient (Wildman–Crippen LogP) is 7.96. The molecule has 0 amide bonds. The Morgan fingerprint density at radius 3 is 1.62 bits per heavy atom. The van der Waals surface area contributed by atoms with E-state index < -0.39 is 7.26 Å². The topological polar surface area (TPSA) is 0 Å². The fraction of sp³-hybridized carbons (Fsp3) is 0.571. The zero-order valence-electron chi connectivity index (χ0n) is 19.5. The molecule has 0 aliphatic heterocycles. The van der Waals surface area contributed by atoms with Crippen LogP contribution in [0, 0.1) is 5.92 Å². The summed E-state index contributed by atoms with van der Waals surface area (Å²) in [6.07, 6.45) is 13.6. The Kier molecular flexibility index (Phi) is 11.0. The summed E-state index contributed by atoms with van der Waals surface area (Å²) < 4.78 is 0. The SMILES string of the molecule is CCCCCC(CC)[PH](CC(CC)CCCC)(c1ccccc1)c1ccccc1. The summed E-state index contributed by atoms with van der Waals surface area (Å²) in [5.41, 5.74) is 0.828. The van der Waals surface area contributed by atoms with Gasteiger partial charge in [0.25, 0.3) is 0 Å². The molecule has 0 spiro atoms. The van der Waals surface area contributed by atoms with Gasteiger partial charge < -0.3 is 0 Å². The van der Waals surface area contributed by atoms with Gasteiger partial charge in [0.1, 0.15) is 0 Å². The third-order valence-electron chi connectivity index (χ3n) is 7.08. The number of hydrogen-bond donors (Lipinski definition) is 0. The maximum atomic E-state index is 2.47. The second kappa shape index (κ2) is 13.2. The molecule has 0 nitrogen and oxygen atoms in total. The van der Waals surface area contributed by atoms with E-state index in [1.54, 1.807) is 10.6 Å². The molecule has 0 bridgehead atoms. The zero-order valence-corrected chi connectivity index (χ0v) is 20.5. The van der Waals surface area contributed by atoms with E-state index in [2.05, 4.69) is 88.4 Å². The Bertz CT molecular complexity index is 609. The van der Waals surface area contributed by atoms with E-state index in [1.807, 2.05) is 0 Å². The Morgan fingerprint density at radius 1 is 0.621 bits per heavy atom. The van der Waals surface area contributed by atoms with Gasteiger partial charge in [0.15, 0.2) is 0 Å². The van der Waals surface area contributed by atoms with Crippen LogP contribution in [0.25, 0.3) is 0 Å². The first-order chi connectivity index (χ1) is 14.2. The Hall–Kier alpha value is -1.13. The number of rotatable bonds is 14. The first kappa shape index (κ1) is 24.1. The maximum absolute atomic E-state index is 2.47. The van der Waals surface area contributed by atoms with Crippen molar-refractivity contribution in [2.75, 3.05) is 6.16 Å². The molecule has 2 unspecified atom stereocenters. The van der Waals surface area contributed by atoms with Gasteiger partial charge in [-0.25, -0.2) is 0 Å². The quantitative estimate of drug-likeness (QED) is 0.218. The molecule has 2 aromatic carbocycles. The summed E-state index contributed by atoms with van der Waals surface area (Å²) in [6.45, 7) is 9.55. The first-order valence-electron chi connectivity index (χ1n) is 12.3.